The van der Waals surface area contributed by atoms with E-state index in [4.69, 9.17) is 9.31 Å². The predicted octanol–water partition coefficient (Wildman–Crippen LogP) is 3.44. The molecular weight excluding hydrogens is 339 g/mol. The zero-order chi connectivity index (χ0) is 20.5. The highest BCUT2D eigenvalue weighted by molar-refractivity contribution is 6.62. The summed E-state index contributed by atoms with van der Waals surface area (Å²) < 4.78 is 12.2. The van der Waals surface area contributed by atoms with E-state index in [9.17, 15) is 4.79 Å². The fraction of sp³-hybridized carbons (Fsp3) is 0.667. The van der Waals surface area contributed by atoms with E-state index in [-0.39, 0.29) is 17.4 Å². The Morgan fingerprint density at radius 3 is 2.26 bits per heavy atom. The summed E-state index contributed by atoms with van der Waals surface area (Å²) in [5.74, 6) is -0.154. The third-order valence-corrected chi connectivity index (χ3v) is 5.66. The van der Waals surface area contributed by atoms with Gasteiger partial charge in [0.1, 0.15) is 0 Å². The molecule has 1 aromatic carbocycles. The lowest BCUT2D eigenvalue weighted by molar-refractivity contribution is 0.00578. The van der Waals surface area contributed by atoms with Crippen LogP contribution >= 0.6 is 0 Å². The van der Waals surface area contributed by atoms with Crippen LogP contribution in [0.4, 0.5) is 0 Å². The SMILES string of the molecule is CCCC(NNC(=O)c1cccc(B2OC(C)(C)C(C)(C)O2)c1)C(C)(C)C. The Kier molecular flexibility index (Phi) is 6.45. The van der Waals surface area contributed by atoms with Crippen molar-refractivity contribution in [1.82, 2.24) is 10.9 Å². The number of hydrogen-bond donors (Lipinski definition) is 2. The summed E-state index contributed by atoms with van der Waals surface area (Å²) in [4.78, 5) is 12.6. The van der Waals surface area contributed by atoms with Crippen LogP contribution in [0, 0.1) is 5.41 Å². The lowest BCUT2D eigenvalue weighted by atomic mass is 9.78. The van der Waals surface area contributed by atoms with E-state index in [0.29, 0.717) is 5.56 Å². The fourth-order valence-electron chi connectivity index (χ4n) is 3.04. The van der Waals surface area contributed by atoms with Crippen molar-refractivity contribution in [3.8, 4) is 0 Å². The first-order valence-electron chi connectivity index (χ1n) is 9.89. The molecule has 1 unspecified atom stereocenters. The van der Waals surface area contributed by atoms with Gasteiger partial charge in [-0.2, -0.15) is 0 Å². The van der Waals surface area contributed by atoms with Crippen LogP contribution in [0.1, 0.15) is 78.6 Å². The van der Waals surface area contributed by atoms with Gasteiger partial charge in [0.05, 0.1) is 11.2 Å². The van der Waals surface area contributed by atoms with E-state index in [2.05, 4.69) is 38.5 Å². The topological polar surface area (TPSA) is 59.6 Å². The molecule has 27 heavy (non-hydrogen) atoms. The van der Waals surface area contributed by atoms with Crippen molar-refractivity contribution in [2.45, 2.75) is 85.5 Å². The van der Waals surface area contributed by atoms with Crippen LogP contribution in [-0.4, -0.2) is 30.3 Å². The molecule has 0 bridgehead atoms. The fourth-order valence-corrected chi connectivity index (χ4v) is 3.04. The van der Waals surface area contributed by atoms with Crippen molar-refractivity contribution in [2.75, 3.05) is 0 Å². The van der Waals surface area contributed by atoms with Crippen LogP contribution in [0.2, 0.25) is 0 Å². The van der Waals surface area contributed by atoms with Gasteiger partial charge in [-0.3, -0.25) is 10.2 Å². The number of rotatable bonds is 6. The van der Waals surface area contributed by atoms with Gasteiger partial charge in [0, 0.05) is 11.6 Å². The molecule has 0 saturated carbocycles. The largest absolute Gasteiger partial charge is 0.494 e. The molecule has 0 spiro atoms. The van der Waals surface area contributed by atoms with Crippen molar-refractivity contribution < 1.29 is 14.1 Å². The maximum Gasteiger partial charge on any atom is 0.494 e. The Bertz CT molecular complexity index is 652. The molecule has 0 aliphatic carbocycles. The van der Waals surface area contributed by atoms with Gasteiger partial charge in [0.25, 0.3) is 5.91 Å². The second-order valence-electron chi connectivity index (χ2n) is 9.52. The highest BCUT2D eigenvalue weighted by atomic mass is 16.7. The summed E-state index contributed by atoms with van der Waals surface area (Å²) in [7, 11) is -0.474. The molecule has 2 rings (SSSR count). The maximum atomic E-state index is 12.6. The molecule has 5 nitrogen and oxygen atoms in total. The van der Waals surface area contributed by atoms with Gasteiger partial charge in [0.15, 0.2) is 0 Å². The Morgan fingerprint density at radius 1 is 1.15 bits per heavy atom. The first kappa shape index (κ1) is 21.9. The van der Waals surface area contributed by atoms with Crippen molar-refractivity contribution in [1.29, 1.82) is 0 Å². The van der Waals surface area contributed by atoms with Crippen molar-refractivity contribution >= 4 is 18.5 Å². The monoisotopic (exact) mass is 374 g/mol. The molecule has 1 aliphatic heterocycles. The third kappa shape index (κ3) is 5.12. The third-order valence-electron chi connectivity index (χ3n) is 5.66. The minimum atomic E-state index is -0.474. The van der Waals surface area contributed by atoms with E-state index in [0.717, 1.165) is 18.3 Å². The van der Waals surface area contributed by atoms with Crippen molar-refractivity contribution in [2.24, 2.45) is 5.41 Å². The Labute approximate surface area is 164 Å². The van der Waals surface area contributed by atoms with Gasteiger partial charge in [-0.15, -0.1) is 0 Å². The van der Waals surface area contributed by atoms with Crippen LogP contribution < -0.4 is 16.3 Å². The minimum absolute atomic E-state index is 0.0633. The molecule has 2 N–H and O–H groups in total. The molecule has 1 fully saturated rings. The number of carbonyl (C=O) groups excluding carboxylic acids is 1. The van der Waals surface area contributed by atoms with E-state index in [1.165, 1.54) is 0 Å². The minimum Gasteiger partial charge on any atom is -0.399 e. The summed E-state index contributed by atoms with van der Waals surface area (Å²) >= 11 is 0. The van der Waals surface area contributed by atoms with Gasteiger partial charge >= 0.3 is 7.12 Å². The van der Waals surface area contributed by atoms with Crippen molar-refractivity contribution in [3.05, 3.63) is 29.8 Å². The number of hydrazine groups is 1. The van der Waals surface area contributed by atoms with E-state index in [1.54, 1.807) is 6.07 Å². The normalized spacial score (nSPS) is 19.8. The van der Waals surface area contributed by atoms with Crippen molar-refractivity contribution in [3.63, 3.8) is 0 Å². The van der Waals surface area contributed by atoms with Crippen LogP contribution in [0.5, 0.6) is 0 Å². The predicted molar refractivity (Wildman–Crippen MR) is 111 cm³/mol. The molecule has 1 aliphatic rings. The first-order valence-corrected chi connectivity index (χ1v) is 9.89. The second-order valence-corrected chi connectivity index (χ2v) is 9.52. The summed E-state index contributed by atoms with van der Waals surface area (Å²) in [5.41, 5.74) is 6.77. The van der Waals surface area contributed by atoms with Gasteiger partial charge in [0.2, 0.25) is 0 Å². The number of benzene rings is 1. The van der Waals surface area contributed by atoms with E-state index < -0.39 is 18.3 Å². The van der Waals surface area contributed by atoms with Crippen LogP contribution in [-0.2, 0) is 9.31 Å². The quantitative estimate of drug-likeness (QED) is 0.592. The zero-order valence-electron chi connectivity index (χ0n) is 18.1. The molecule has 1 aromatic rings. The Balaban J connectivity index is 2.08. The highest BCUT2D eigenvalue weighted by Gasteiger charge is 2.51. The summed E-state index contributed by atoms with van der Waals surface area (Å²) in [5, 5.41) is 0. The van der Waals surface area contributed by atoms with Gasteiger partial charge < -0.3 is 9.31 Å². The average molecular weight is 374 g/mol. The van der Waals surface area contributed by atoms with Crippen LogP contribution in [0.15, 0.2) is 24.3 Å². The molecule has 0 radical (unpaired) electrons. The number of carbonyl (C=O) groups is 1. The molecule has 1 heterocycles. The number of amides is 1. The average Bonchev–Trinajstić information content (AvgIpc) is 2.78. The van der Waals surface area contributed by atoms with Crippen LogP contribution in [0.3, 0.4) is 0 Å². The van der Waals surface area contributed by atoms with Gasteiger partial charge in [-0.1, -0.05) is 46.2 Å². The second kappa shape index (κ2) is 7.94. The summed E-state index contributed by atoms with van der Waals surface area (Å²) in [6.45, 7) is 16.8. The molecule has 6 heteroatoms. The van der Waals surface area contributed by atoms with E-state index >= 15 is 0 Å². The first-order chi connectivity index (χ1) is 12.4. The lowest BCUT2D eigenvalue weighted by Crippen LogP contribution is -2.50. The number of nitrogens with one attached hydrogen (secondary N) is 2. The summed E-state index contributed by atoms with van der Waals surface area (Å²) in [6, 6.07) is 7.64. The molecule has 1 atom stereocenters. The highest BCUT2D eigenvalue weighted by Crippen LogP contribution is 2.36. The maximum absolute atomic E-state index is 12.6. The zero-order valence-corrected chi connectivity index (χ0v) is 18.1. The number of hydrogen-bond acceptors (Lipinski definition) is 4. The lowest BCUT2D eigenvalue weighted by Gasteiger charge is -2.32. The smallest absolute Gasteiger partial charge is 0.399 e. The van der Waals surface area contributed by atoms with E-state index in [1.807, 2.05) is 45.9 Å². The van der Waals surface area contributed by atoms with Crippen LogP contribution in [0.25, 0.3) is 0 Å². The summed E-state index contributed by atoms with van der Waals surface area (Å²) in [6.07, 6.45) is 2.06. The van der Waals surface area contributed by atoms with Gasteiger partial charge in [-0.05, 0) is 57.1 Å². The molecule has 1 amide bonds. The molecule has 150 valence electrons. The molecular formula is C21H35BN2O3. The van der Waals surface area contributed by atoms with Gasteiger partial charge in [-0.25, -0.2) is 5.43 Å². The standard InChI is InChI=1S/C21H35BN2O3/c1-9-11-17(19(2,3)4)23-24-18(25)15-12-10-13-16(14-15)22-26-20(5,6)21(7,8)27-22/h10,12-14,17,23H,9,11H2,1-8H3,(H,24,25). The molecule has 1 saturated heterocycles. The Hall–Kier alpha value is -1.37. The Morgan fingerprint density at radius 2 is 1.74 bits per heavy atom. The molecule has 0 aromatic heterocycles.